The van der Waals surface area contributed by atoms with Crippen LogP contribution in [-0.2, 0) is 33.2 Å². The highest BCUT2D eigenvalue weighted by molar-refractivity contribution is 6.76. The fourth-order valence-corrected chi connectivity index (χ4v) is 7.94. The summed E-state index contributed by atoms with van der Waals surface area (Å²) in [5.41, 5.74) is -2.32. The van der Waals surface area contributed by atoms with Gasteiger partial charge in [0.05, 0.1) is 6.10 Å². The molecule has 6 atom stereocenters. The van der Waals surface area contributed by atoms with Crippen LogP contribution >= 0.6 is 0 Å². The van der Waals surface area contributed by atoms with Crippen molar-refractivity contribution in [1.29, 1.82) is 0 Å². The van der Waals surface area contributed by atoms with Crippen LogP contribution in [-0.4, -0.2) is 63.4 Å². The van der Waals surface area contributed by atoms with Gasteiger partial charge in [0.25, 0.3) is 5.97 Å². The summed E-state index contributed by atoms with van der Waals surface area (Å²) in [7, 11) is 0.459. The summed E-state index contributed by atoms with van der Waals surface area (Å²) in [6.07, 6.45) is 2.88. The molecule has 0 aromatic rings. The van der Waals surface area contributed by atoms with Crippen molar-refractivity contribution in [2.24, 2.45) is 11.3 Å². The van der Waals surface area contributed by atoms with Gasteiger partial charge in [0.2, 0.25) is 0 Å². The van der Waals surface area contributed by atoms with Crippen molar-refractivity contribution in [3.05, 3.63) is 0 Å². The van der Waals surface area contributed by atoms with E-state index in [4.69, 9.17) is 28.4 Å². The highest BCUT2D eigenvalue weighted by atomic mass is 28.3. The summed E-state index contributed by atoms with van der Waals surface area (Å²) in [5.74, 6) is -1.04. The maximum absolute atomic E-state index is 12.3. The molecular formula is C24H42O7Si. The number of hydrogen-bond acceptors (Lipinski definition) is 7. The number of carbonyl (C=O) groups is 1. The molecule has 184 valence electrons. The van der Waals surface area contributed by atoms with Gasteiger partial charge in [-0.25, -0.2) is 0 Å². The Morgan fingerprint density at radius 2 is 1.81 bits per heavy atom. The predicted molar refractivity (Wildman–Crippen MR) is 122 cm³/mol. The van der Waals surface area contributed by atoms with Crippen LogP contribution in [0.1, 0.15) is 59.8 Å². The molecule has 3 saturated heterocycles. The SMILES string of the molecule is CO[C@]12CC[C@]3(C)[C@H]4CCC(=O)O[C@@]4(C)C[C@H](OCOCC[Si](C)(C)C)[C@@]3(O1)C(C)(C)O2. The molecule has 7 nitrogen and oxygen atoms in total. The van der Waals surface area contributed by atoms with Gasteiger partial charge in [0.1, 0.15) is 23.6 Å². The smallest absolute Gasteiger partial charge is 0.306 e. The standard InChI is InChI=1S/C24H42O7Si/c1-20(2)24-18(28-16-27-13-14-32(6,7)8)15-22(4)17(9-10-19(25)29-22)21(24,3)11-12-23(26-5,30-20)31-24/h17-18H,9-16H2,1-8H3/t17-,18+,21-,22+,23+,24-/m1/s1. The fourth-order valence-electron chi connectivity index (χ4n) is 7.18. The van der Waals surface area contributed by atoms with E-state index in [1.54, 1.807) is 7.11 Å². The van der Waals surface area contributed by atoms with Crippen LogP contribution in [0.15, 0.2) is 0 Å². The lowest BCUT2D eigenvalue weighted by molar-refractivity contribution is -0.398. The summed E-state index contributed by atoms with van der Waals surface area (Å²) in [6, 6.07) is 1.08. The molecule has 1 spiro atoms. The molecule has 4 rings (SSSR count). The topological polar surface area (TPSA) is 72.5 Å². The lowest BCUT2D eigenvalue weighted by atomic mass is 9.46. The molecule has 4 aliphatic rings. The van der Waals surface area contributed by atoms with Gasteiger partial charge in [-0.15, -0.1) is 0 Å². The predicted octanol–water partition coefficient (Wildman–Crippen LogP) is 4.46. The zero-order valence-corrected chi connectivity index (χ0v) is 22.2. The van der Waals surface area contributed by atoms with E-state index >= 15 is 0 Å². The molecular weight excluding hydrogens is 428 g/mol. The van der Waals surface area contributed by atoms with E-state index in [9.17, 15) is 4.79 Å². The Kier molecular flexibility index (Phi) is 5.96. The molecule has 32 heavy (non-hydrogen) atoms. The number of ether oxygens (including phenoxy) is 6. The molecule has 0 radical (unpaired) electrons. The third-order valence-corrected chi connectivity index (χ3v) is 10.3. The van der Waals surface area contributed by atoms with E-state index in [2.05, 4.69) is 47.3 Å². The van der Waals surface area contributed by atoms with Crippen LogP contribution in [0.5, 0.6) is 0 Å². The molecule has 2 bridgehead atoms. The summed E-state index contributed by atoms with van der Waals surface area (Å²) in [4.78, 5) is 12.3. The Hall–Kier alpha value is -0.513. The number of carbonyl (C=O) groups excluding carboxylic acids is 1. The summed E-state index contributed by atoms with van der Waals surface area (Å²) < 4.78 is 37.5. The van der Waals surface area contributed by atoms with E-state index in [0.29, 0.717) is 25.9 Å². The summed E-state index contributed by atoms with van der Waals surface area (Å²) in [5, 5.41) is 0. The first-order valence-corrected chi connectivity index (χ1v) is 15.8. The normalized spacial score (nSPS) is 45.2. The quantitative estimate of drug-likeness (QED) is 0.235. The highest BCUT2D eigenvalue weighted by Gasteiger charge is 2.81. The Morgan fingerprint density at radius 1 is 1.09 bits per heavy atom. The van der Waals surface area contributed by atoms with E-state index in [1.807, 2.05) is 0 Å². The van der Waals surface area contributed by atoms with Crippen LogP contribution in [0.2, 0.25) is 25.7 Å². The first-order chi connectivity index (χ1) is 14.7. The van der Waals surface area contributed by atoms with E-state index in [0.717, 1.165) is 18.9 Å². The Morgan fingerprint density at radius 3 is 2.47 bits per heavy atom. The number of rotatable bonds is 7. The molecule has 0 unspecified atom stereocenters. The molecule has 0 aromatic heterocycles. The van der Waals surface area contributed by atoms with Gasteiger partial charge < -0.3 is 28.4 Å². The Balaban J connectivity index is 1.66. The van der Waals surface area contributed by atoms with Crippen molar-refractivity contribution in [3.8, 4) is 0 Å². The van der Waals surface area contributed by atoms with Gasteiger partial charge in [-0.1, -0.05) is 26.6 Å². The first kappa shape index (κ1) is 24.6. The number of esters is 1. The van der Waals surface area contributed by atoms with Gasteiger partial charge in [0.15, 0.2) is 0 Å². The van der Waals surface area contributed by atoms with Gasteiger partial charge >= 0.3 is 5.97 Å². The number of methoxy groups -OCH3 is 1. The average Bonchev–Trinajstić information content (AvgIpc) is 2.88. The molecule has 1 aliphatic carbocycles. The van der Waals surface area contributed by atoms with Gasteiger partial charge in [-0.05, 0) is 39.7 Å². The van der Waals surface area contributed by atoms with Crippen LogP contribution in [0.4, 0.5) is 0 Å². The van der Waals surface area contributed by atoms with Crippen molar-refractivity contribution < 1.29 is 33.2 Å². The second-order valence-corrected chi connectivity index (χ2v) is 18.0. The third-order valence-electron chi connectivity index (χ3n) is 8.61. The van der Waals surface area contributed by atoms with Crippen LogP contribution in [0.3, 0.4) is 0 Å². The second kappa shape index (κ2) is 7.75. The van der Waals surface area contributed by atoms with Gasteiger partial charge in [-0.3, -0.25) is 4.79 Å². The zero-order valence-electron chi connectivity index (χ0n) is 21.2. The van der Waals surface area contributed by atoms with Crippen LogP contribution in [0, 0.1) is 11.3 Å². The van der Waals surface area contributed by atoms with E-state index in [1.165, 1.54) is 0 Å². The van der Waals surface area contributed by atoms with Gasteiger partial charge in [-0.2, -0.15) is 0 Å². The minimum absolute atomic E-state index is 0.127. The van der Waals surface area contributed by atoms with Crippen LogP contribution in [0.25, 0.3) is 0 Å². The average molecular weight is 471 g/mol. The van der Waals surface area contributed by atoms with Gasteiger partial charge in [0, 0.05) is 52.4 Å². The summed E-state index contributed by atoms with van der Waals surface area (Å²) >= 11 is 0. The molecule has 1 saturated carbocycles. The van der Waals surface area contributed by atoms with E-state index in [-0.39, 0.29) is 30.2 Å². The molecule has 0 aromatic carbocycles. The van der Waals surface area contributed by atoms with Crippen molar-refractivity contribution in [2.75, 3.05) is 20.5 Å². The fraction of sp³-hybridized carbons (Fsp3) is 0.958. The molecule has 0 N–H and O–H groups in total. The minimum atomic E-state index is -1.18. The molecule has 8 heteroatoms. The van der Waals surface area contributed by atoms with Crippen molar-refractivity contribution >= 4 is 14.0 Å². The molecule has 3 aliphatic heterocycles. The Labute approximate surface area is 193 Å². The van der Waals surface area contributed by atoms with Crippen LogP contribution < -0.4 is 0 Å². The first-order valence-electron chi connectivity index (χ1n) is 12.1. The lowest BCUT2D eigenvalue weighted by Gasteiger charge is -2.66. The second-order valence-electron chi connectivity index (χ2n) is 12.3. The monoisotopic (exact) mass is 470 g/mol. The molecule has 3 heterocycles. The number of hydrogen-bond donors (Lipinski definition) is 0. The number of fused-ring (bicyclic) bond motifs is 3. The Bertz CT molecular complexity index is 751. The lowest BCUT2D eigenvalue weighted by Crippen LogP contribution is -2.76. The summed E-state index contributed by atoms with van der Waals surface area (Å²) in [6.45, 7) is 16.4. The largest absolute Gasteiger partial charge is 0.459 e. The third kappa shape index (κ3) is 3.60. The maximum Gasteiger partial charge on any atom is 0.306 e. The minimum Gasteiger partial charge on any atom is -0.459 e. The zero-order chi connectivity index (χ0) is 23.6. The van der Waals surface area contributed by atoms with Crippen molar-refractivity contribution in [2.45, 2.75) is 114 Å². The highest BCUT2D eigenvalue weighted by Crippen LogP contribution is 2.70. The van der Waals surface area contributed by atoms with Crippen molar-refractivity contribution in [3.63, 3.8) is 0 Å². The van der Waals surface area contributed by atoms with E-state index < -0.39 is 30.9 Å². The molecule has 4 fully saturated rings. The maximum atomic E-state index is 12.3. The van der Waals surface area contributed by atoms with Crippen molar-refractivity contribution in [1.82, 2.24) is 0 Å². The molecule has 0 amide bonds.